The van der Waals surface area contributed by atoms with Gasteiger partial charge in [0, 0.05) is 24.9 Å². The Kier molecular flexibility index (Phi) is 4.29. The zero-order chi connectivity index (χ0) is 17.2. The molecule has 25 heavy (non-hydrogen) atoms. The minimum absolute atomic E-state index is 0.0841. The second kappa shape index (κ2) is 6.74. The Morgan fingerprint density at radius 3 is 2.68 bits per heavy atom. The van der Waals surface area contributed by atoms with Crippen LogP contribution in [0.4, 0.5) is 10.5 Å². The number of nitrogens with zero attached hydrogens (tertiary/aromatic N) is 3. The van der Waals surface area contributed by atoms with Gasteiger partial charge in [-0.25, -0.2) is 9.78 Å². The molecular formula is C18H23N5O2. The molecule has 1 aromatic carbocycles. The second-order valence-electron chi connectivity index (χ2n) is 6.74. The molecule has 1 saturated heterocycles. The van der Waals surface area contributed by atoms with E-state index < -0.39 is 0 Å². The highest BCUT2D eigenvalue weighted by molar-refractivity contribution is 5.91. The summed E-state index contributed by atoms with van der Waals surface area (Å²) in [6.45, 7) is 1.43. The van der Waals surface area contributed by atoms with E-state index in [0.29, 0.717) is 36.4 Å². The molecule has 2 aromatic rings. The summed E-state index contributed by atoms with van der Waals surface area (Å²) in [5.74, 6) is 3.53. The molecule has 2 heterocycles. The van der Waals surface area contributed by atoms with E-state index in [0.717, 1.165) is 24.5 Å². The normalized spacial score (nSPS) is 18.2. The predicted octanol–water partition coefficient (Wildman–Crippen LogP) is 3.10. The molecule has 1 aliphatic heterocycles. The lowest BCUT2D eigenvalue weighted by Gasteiger charge is -2.31. The first-order chi connectivity index (χ1) is 12.2. The molecule has 7 nitrogen and oxygen atoms in total. The lowest BCUT2D eigenvalue weighted by molar-refractivity contribution is 0.193. The summed E-state index contributed by atoms with van der Waals surface area (Å²) in [5.41, 5.74) is 0.696. The molecule has 0 spiro atoms. The van der Waals surface area contributed by atoms with E-state index in [2.05, 4.69) is 20.5 Å². The standard InChI is InChI=1S/C18H23N5O2/c1-25-15-5-3-2-4-14(15)19-18(24)23-10-8-13(9-11-23)17-20-16(21-22-17)12-6-7-12/h2-5,12-13H,6-11H2,1H3,(H,19,24)(H,20,21,22). The molecule has 132 valence electrons. The van der Waals surface area contributed by atoms with Gasteiger partial charge in [-0.15, -0.1) is 0 Å². The van der Waals surface area contributed by atoms with Crippen molar-refractivity contribution < 1.29 is 9.53 Å². The van der Waals surface area contributed by atoms with Crippen molar-refractivity contribution in [2.45, 2.75) is 37.5 Å². The van der Waals surface area contributed by atoms with Crippen molar-refractivity contribution in [1.82, 2.24) is 20.1 Å². The predicted molar refractivity (Wildman–Crippen MR) is 93.9 cm³/mol. The Morgan fingerprint density at radius 2 is 1.96 bits per heavy atom. The van der Waals surface area contributed by atoms with E-state index in [1.165, 1.54) is 12.8 Å². The van der Waals surface area contributed by atoms with Crippen molar-refractivity contribution in [2.75, 3.05) is 25.5 Å². The first-order valence-corrected chi connectivity index (χ1v) is 8.85. The Labute approximate surface area is 146 Å². The fraction of sp³-hybridized carbons (Fsp3) is 0.500. The number of amides is 2. The summed E-state index contributed by atoms with van der Waals surface area (Å²) >= 11 is 0. The third kappa shape index (κ3) is 3.45. The van der Waals surface area contributed by atoms with Crippen molar-refractivity contribution in [3.63, 3.8) is 0 Å². The van der Waals surface area contributed by atoms with E-state index in [1.807, 2.05) is 29.2 Å². The summed E-state index contributed by atoms with van der Waals surface area (Å²) in [5, 5.41) is 10.4. The molecule has 2 N–H and O–H groups in total. The molecule has 2 amide bonds. The minimum Gasteiger partial charge on any atom is -0.495 e. The van der Waals surface area contributed by atoms with Gasteiger partial charge in [-0.2, -0.15) is 5.10 Å². The van der Waals surface area contributed by atoms with Gasteiger partial charge in [0.1, 0.15) is 11.6 Å². The third-order valence-electron chi connectivity index (χ3n) is 4.98. The summed E-state index contributed by atoms with van der Waals surface area (Å²) in [7, 11) is 1.60. The van der Waals surface area contributed by atoms with Crippen LogP contribution in [-0.2, 0) is 0 Å². The maximum Gasteiger partial charge on any atom is 0.321 e. The number of anilines is 1. The minimum atomic E-state index is -0.0841. The van der Waals surface area contributed by atoms with Crippen LogP contribution in [0.3, 0.4) is 0 Å². The largest absolute Gasteiger partial charge is 0.495 e. The number of piperidine rings is 1. The van der Waals surface area contributed by atoms with Crippen LogP contribution in [0.2, 0.25) is 0 Å². The highest BCUT2D eigenvalue weighted by atomic mass is 16.5. The molecule has 0 atom stereocenters. The summed E-state index contributed by atoms with van der Waals surface area (Å²) in [6.07, 6.45) is 4.22. The molecule has 4 rings (SSSR count). The summed E-state index contributed by atoms with van der Waals surface area (Å²) < 4.78 is 5.28. The van der Waals surface area contributed by atoms with Gasteiger partial charge < -0.3 is 15.0 Å². The molecule has 1 aromatic heterocycles. The van der Waals surface area contributed by atoms with Crippen LogP contribution < -0.4 is 10.1 Å². The number of urea groups is 1. The Balaban J connectivity index is 1.33. The number of carbonyl (C=O) groups is 1. The van der Waals surface area contributed by atoms with Gasteiger partial charge in [-0.1, -0.05) is 12.1 Å². The van der Waals surface area contributed by atoms with Crippen LogP contribution in [0.5, 0.6) is 5.75 Å². The molecule has 0 unspecified atom stereocenters. The molecule has 0 radical (unpaired) electrons. The maximum absolute atomic E-state index is 12.5. The lowest BCUT2D eigenvalue weighted by atomic mass is 9.96. The van der Waals surface area contributed by atoms with Crippen LogP contribution in [-0.4, -0.2) is 46.3 Å². The van der Waals surface area contributed by atoms with Crippen LogP contribution in [0, 0.1) is 0 Å². The highest BCUT2D eigenvalue weighted by Crippen LogP contribution is 2.38. The van der Waals surface area contributed by atoms with E-state index >= 15 is 0 Å². The maximum atomic E-state index is 12.5. The number of aromatic amines is 1. The zero-order valence-corrected chi connectivity index (χ0v) is 14.4. The third-order valence-corrected chi connectivity index (χ3v) is 4.98. The van der Waals surface area contributed by atoms with Crippen LogP contribution in [0.15, 0.2) is 24.3 Å². The van der Waals surface area contributed by atoms with Crippen LogP contribution >= 0.6 is 0 Å². The van der Waals surface area contributed by atoms with Gasteiger partial charge in [-0.05, 0) is 37.8 Å². The van der Waals surface area contributed by atoms with Crippen molar-refractivity contribution in [2.24, 2.45) is 0 Å². The highest BCUT2D eigenvalue weighted by Gasteiger charge is 2.30. The summed E-state index contributed by atoms with van der Waals surface area (Å²) in [6, 6.07) is 7.36. The first kappa shape index (κ1) is 15.9. The number of methoxy groups -OCH3 is 1. The number of H-pyrrole nitrogens is 1. The molecule has 2 fully saturated rings. The number of rotatable bonds is 4. The smallest absolute Gasteiger partial charge is 0.321 e. The van der Waals surface area contributed by atoms with Crippen LogP contribution in [0.1, 0.15) is 49.2 Å². The second-order valence-corrected chi connectivity index (χ2v) is 6.74. The fourth-order valence-electron chi connectivity index (χ4n) is 3.29. The van der Waals surface area contributed by atoms with Gasteiger partial charge in [-0.3, -0.25) is 5.10 Å². The number of aromatic nitrogens is 3. The summed E-state index contributed by atoms with van der Waals surface area (Å²) in [4.78, 5) is 19.0. The fourth-order valence-corrected chi connectivity index (χ4v) is 3.29. The number of nitrogens with one attached hydrogen (secondary N) is 2. The quantitative estimate of drug-likeness (QED) is 0.895. The van der Waals surface area contributed by atoms with Crippen molar-refractivity contribution in [1.29, 1.82) is 0 Å². The van der Waals surface area contributed by atoms with E-state index in [-0.39, 0.29) is 6.03 Å². The number of likely N-dealkylation sites (tertiary alicyclic amines) is 1. The zero-order valence-electron chi connectivity index (χ0n) is 14.4. The monoisotopic (exact) mass is 341 g/mol. The average molecular weight is 341 g/mol. The number of benzene rings is 1. The Morgan fingerprint density at radius 1 is 1.20 bits per heavy atom. The average Bonchev–Trinajstić information content (AvgIpc) is 3.39. The van der Waals surface area contributed by atoms with Crippen molar-refractivity contribution in [3.8, 4) is 5.75 Å². The number of hydrogen-bond acceptors (Lipinski definition) is 4. The van der Waals surface area contributed by atoms with Gasteiger partial charge in [0.15, 0.2) is 5.82 Å². The molecule has 1 saturated carbocycles. The van der Waals surface area contributed by atoms with Crippen molar-refractivity contribution in [3.05, 3.63) is 35.9 Å². The number of ether oxygens (including phenoxy) is 1. The van der Waals surface area contributed by atoms with E-state index in [9.17, 15) is 4.79 Å². The van der Waals surface area contributed by atoms with E-state index in [1.54, 1.807) is 7.11 Å². The molecular weight excluding hydrogens is 318 g/mol. The molecule has 0 bridgehead atoms. The van der Waals surface area contributed by atoms with Crippen molar-refractivity contribution >= 4 is 11.7 Å². The van der Waals surface area contributed by atoms with E-state index in [4.69, 9.17) is 4.74 Å². The number of para-hydroxylation sites is 2. The van der Waals surface area contributed by atoms with Gasteiger partial charge >= 0.3 is 6.03 Å². The molecule has 2 aliphatic rings. The lowest BCUT2D eigenvalue weighted by Crippen LogP contribution is -2.40. The first-order valence-electron chi connectivity index (χ1n) is 8.85. The molecule has 7 heteroatoms. The molecule has 1 aliphatic carbocycles. The Bertz CT molecular complexity index is 747. The SMILES string of the molecule is COc1ccccc1NC(=O)N1CCC(c2nc(C3CC3)n[nH]2)CC1. The van der Waals surface area contributed by atoms with Gasteiger partial charge in [0.05, 0.1) is 12.8 Å². The van der Waals surface area contributed by atoms with Crippen LogP contribution in [0.25, 0.3) is 0 Å². The van der Waals surface area contributed by atoms with Gasteiger partial charge in [0.25, 0.3) is 0 Å². The Hall–Kier alpha value is -2.57. The van der Waals surface area contributed by atoms with Gasteiger partial charge in [0.2, 0.25) is 0 Å². The number of hydrogen-bond donors (Lipinski definition) is 2. The number of carbonyl (C=O) groups excluding carboxylic acids is 1. The topological polar surface area (TPSA) is 83.1 Å².